The maximum Gasteiger partial charge on any atom is 0.0320 e. The van der Waals surface area contributed by atoms with Crippen LogP contribution in [0.4, 0.5) is 0 Å². The molecule has 0 radical (unpaired) electrons. The summed E-state index contributed by atoms with van der Waals surface area (Å²) in [7, 11) is 0. The molecule has 3 rings (SSSR count). The molecule has 3 nitrogen and oxygen atoms in total. The van der Waals surface area contributed by atoms with Gasteiger partial charge in [0.05, 0.1) is 0 Å². The van der Waals surface area contributed by atoms with Crippen molar-refractivity contribution in [1.82, 2.24) is 15.1 Å². The summed E-state index contributed by atoms with van der Waals surface area (Å²) in [6, 6.07) is 12.2. The zero-order valence-corrected chi connectivity index (χ0v) is 15.1. The van der Waals surface area contributed by atoms with Crippen LogP contribution in [0.1, 0.15) is 45.2 Å². The first-order chi connectivity index (χ1) is 11.1. The summed E-state index contributed by atoms with van der Waals surface area (Å²) in [4.78, 5) is 5.41. The maximum absolute atomic E-state index is 3.54. The lowest BCUT2D eigenvalue weighted by Gasteiger charge is -2.35. The predicted octanol–water partition coefficient (Wildman–Crippen LogP) is 3.14. The SMILES string of the molecule is CCN(CC1(C)CCNC1)C1CCN(C(C)c2ccccc2)C1. The maximum atomic E-state index is 3.54. The van der Waals surface area contributed by atoms with E-state index < -0.39 is 0 Å². The van der Waals surface area contributed by atoms with Crippen LogP contribution in [0.5, 0.6) is 0 Å². The second-order valence-electron chi connectivity index (χ2n) is 7.82. The van der Waals surface area contributed by atoms with Crippen molar-refractivity contribution >= 4 is 0 Å². The van der Waals surface area contributed by atoms with Gasteiger partial charge in [0.1, 0.15) is 0 Å². The number of likely N-dealkylation sites (N-methyl/N-ethyl adjacent to an activating group) is 1. The van der Waals surface area contributed by atoms with Gasteiger partial charge >= 0.3 is 0 Å². The largest absolute Gasteiger partial charge is 0.316 e. The molecule has 0 spiro atoms. The van der Waals surface area contributed by atoms with E-state index >= 15 is 0 Å². The van der Waals surface area contributed by atoms with E-state index in [9.17, 15) is 0 Å². The van der Waals surface area contributed by atoms with E-state index in [2.05, 4.69) is 66.2 Å². The van der Waals surface area contributed by atoms with Gasteiger partial charge in [-0.2, -0.15) is 0 Å². The van der Waals surface area contributed by atoms with Crippen LogP contribution < -0.4 is 5.32 Å². The predicted molar refractivity (Wildman–Crippen MR) is 97.7 cm³/mol. The van der Waals surface area contributed by atoms with E-state index in [-0.39, 0.29) is 0 Å². The topological polar surface area (TPSA) is 18.5 Å². The fourth-order valence-corrected chi connectivity index (χ4v) is 4.35. The van der Waals surface area contributed by atoms with E-state index in [4.69, 9.17) is 0 Å². The number of hydrogen-bond donors (Lipinski definition) is 1. The molecule has 128 valence electrons. The average Bonchev–Trinajstić information content (AvgIpc) is 3.22. The Morgan fingerprint density at radius 3 is 2.78 bits per heavy atom. The molecule has 0 saturated carbocycles. The monoisotopic (exact) mass is 315 g/mol. The first kappa shape index (κ1) is 16.9. The van der Waals surface area contributed by atoms with Crippen LogP contribution in [0.3, 0.4) is 0 Å². The second kappa shape index (κ2) is 7.33. The number of rotatable bonds is 6. The molecule has 3 atom stereocenters. The van der Waals surface area contributed by atoms with Gasteiger partial charge in [-0.25, -0.2) is 0 Å². The summed E-state index contributed by atoms with van der Waals surface area (Å²) in [5.41, 5.74) is 1.91. The fourth-order valence-electron chi connectivity index (χ4n) is 4.35. The highest BCUT2D eigenvalue weighted by Gasteiger charge is 2.35. The Kier molecular flexibility index (Phi) is 5.40. The van der Waals surface area contributed by atoms with E-state index in [1.807, 2.05) is 0 Å². The second-order valence-corrected chi connectivity index (χ2v) is 7.82. The Labute approximate surface area is 142 Å². The van der Waals surface area contributed by atoms with Crippen LogP contribution in [0.15, 0.2) is 30.3 Å². The summed E-state index contributed by atoms with van der Waals surface area (Å²) >= 11 is 0. The molecule has 2 heterocycles. The molecule has 23 heavy (non-hydrogen) atoms. The minimum absolute atomic E-state index is 0.467. The zero-order chi connectivity index (χ0) is 16.3. The van der Waals surface area contributed by atoms with Crippen molar-refractivity contribution in [2.24, 2.45) is 5.41 Å². The van der Waals surface area contributed by atoms with Gasteiger partial charge in [-0.1, -0.05) is 44.2 Å². The third-order valence-corrected chi connectivity index (χ3v) is 5.99. The van der Waals surface area contributed by atoms with Gasteiger partial charge in [0, 0.05) is 38.3 Å². The van der Waals surface area contributed by atoms with Gasteiger partial charge in [0.25, 0.3) is 0 Å². The van der Waals surface area contributed by atoms with E-state index in [0.717, 1.165) is 6.04 Å². The molecule has 0 bridgehead atoms. The molecule has 2 saturated heterocycles. The number of likely N-dealkylation sites (tertiary alicyclic amines) is 1. The van der Waals surface area contributed by atoms with Crippen LogP contribution in [-0.2, 0) is 0 Å². The first-order valence-electron chi connectivity index (χ1n) is 9.35. The molecule has 1 aromatic carbocycles. The van der Waals surface area contributed by atoms with Crippen molar-refractivity contribution in [2.75, 3.05) is 39.3 Å². The number of hydrogen-bond acceptors (Lipinski definition) is 3. The molecule has 3 unspecified atom stereocenters. The zero-order valence-electron chi connectivity index (χ0n) is 15.1. The third kappa shape index (κ3) is 3.96. The molecule has 1 N–H and O–H groups in total. The van der Waals surface area contributed by atoms with Crippen molar-refractivity contribution in [3.63, 3.8) is 0 Å². The van der Waals surface area contributed by atoms with Crippen LogP contribution in [0.25, 0.3) is 0 Å². The molecule has 2 aliphatic rings. The highest BCUT2D eigenvalue weighted by atomic mass is 15.3. The van der Waals surface area contributed by atoms with Crippen molar-refractivity contribution in [2.45, 2.75) is 45.7 Å². The molecule has 1 aromatic rings. The molecule has 0 aromatic heterocycles. The lowest BCUT2D eigenvalue weighted by molar-refractivity contribution is 0.130. The van der Waals surface area contributed by atoms with Gasteiger partial charge in [-0.05, 0) is 43.8 Å². The molecule has 2 aliphatic heterocycles. The Morgan fingerprint density at radius 2 is 2.13 bits per heavy atom. The molecular formula is C20H33N3. The lowest BCUT2D eigenvalue weighted by atomic mass is 9.88. The molecule has 0 amide bonds. The molecular weight excluding hydrogens is 282 g/mol. The fraction of sp³-hybridized carbons (Fsp3) is 0.700. The summed E-state index contributed by atoms with van der Waals surface area (Å²) in [5.74, 6) is 0. The Hall–Kier alpha value is -0.900. The lowest BCUT2D eigenvalue weighted by Crippen LogP contribution is -2.44. The van der Waals surface area contributed by atoms with E-state index in [0.29, 0.717) is 11.5 Å². The number of nitrogens with zero attached hydrogens (tertiary/aromatic N) is 2. The number of benzene rings is 1. The molecule has 3 heteroatoms. The summed E-state index contributed by atoms with van der Waals surface area (Å²) in [6.07, 6.45) is 2.63. The van der Waals surface area contributed by atoms with Gasteiger partial charge in [-0.15, -0.1) is 0 Å². The van der Waals surface area contributed by atoms with Crippen LogP contribution >= 0.6 is 0 Å². The van der Waals surface area contributed by atoms with Crippen LogP contribution in [-0.4, -0.2) is 55.1 Å². The third-order valence-electron chi connectivity index (χ3n) is 5.99. The standard InChI is InChI=1S/C20H33N3/c1-4-22(16-20(3)11-12-21-15-20)19-10-13-23(14-19)17(2)18-8-6-5-7-9-18/h5-9,17,19,21H,4,10-16H2,1-3H3. The average molecular weight is 316 g/mol. The Balaban J connectivity index is 1.59. The smallest absolute Gasteiger partial charge is 0.0320 e. The molecule has 2 fully saturated rings. The highest BCUT2D eigenvalue weighted by Crippen LogP contribution is 2.30. The summed E-state index contributed by atoms with van der Waals surface area (Å²) in [5, 5.41) is 3.54. The quantitative estimate of drug-likeness (QED) is 0.870. The van der Waals surface area contributed by atoms with Gasteiger partial charge in [0.15, 0.2) is 0 Å². The van der Waals surface area contributed by atoms with Gasteiger partial charge in [0.2, 0.25) is 0 Å². The van der Waals surface area contributed by atoms with Crippen molar-refractivity contribution in [3.8, 4) is 0 Å². The van der Waals surface area contributed by atoms with Crippen molar-refractivity contribution < 1.29 is 0 Å². The first-order valence-corrected chi connectivity index (χ1v) is 9.35. The Bertz CT molecular complexity index is 481. The van der Waals surface area contributed by atoms with E-state index in [1.54, 1.807) is 0 Å². The summed E-state index contributed by atoms with van der Waals surface area (Å²) < 4.78 is 0. The van der Waals surface area contributed by atoms with Gasteiger partial charge in [-0.3, -0.25) is 9.80 Å². The summed E-state index contributed by atoms with van der Waals surface area (Å²) in [6.45, 7) is 14.4. The highest BCUT2D eigenvalue weighted by molar-refractivity contribution is 5.18. The van der Waals surface area contributed by atoms with Crippen molar-refractivity contribution in [1.29, 1.82) is 0 Å². The van der Waals surface area contributed by atoms with Crippen LogP contribution in [0.2, 0.25) is 0 Å². The normalized spacial score (nSPS) is 30.2. The van der Waals surface area contributed by atoms with Crippen LogP contribution in [0, 0.1) is 5.41 Å². The Morgan fingerprint density at radius 1 is 1.35 bits per heavy atom. The minimum atomic E-state index is 0.467. The van der Waals surface area contributed by atoms with E-state index in [1.165, 1.54) is 57.7 Å². The molecule has 0 aliphatic carbocycles. The minimum Gasteiger partial charge on any atom is -0.316 e. The van der Waals surface area contributed by atoms with Crippen molar-refractivity contribution in [3.05, 3.63) is 35.9 Å². The number of nitrogens with one attached hydrogen (secondary N) is 1. The van der Waals surface area contributed by atoms with Gasteiger partial charge < -0.3 is 5.32 Å².